The van der Waals surface area contributed by atoms with E-state index in [1.165, 1.54) is 24.5 Å². The van der Waals surface area contributed by atoms with Crippen LogP contribution in [0.5, 0.6) is 11.5 Å². The van der Waals surface area contributed by atoms with E-state index in [0.29, 0.717) is 48.1 Å². The largest absolute Gasteiger partial charge is 0.586 e. The van der Waals surface area contributed by atoms with E-state index in [4.69, 9.17) is 20.2 Å². The number of carbonyl (C=O) groups excluding carboxylic acids is 2. The van der Waals surface area contributed by atoms with Gasteiger partial charge in [0.15, 0.2) is 11.5 Å². The van der Waals surface area contributed by atoms with Crippen molar-refractivity contribution in [2.75, 3.05) is 11.4 Å². The van der Waals surface area contributed by atoms with E-state index < -0.39 is 17.7 Å². The second-order valence-electron chi connectivity index (χ2n) is 14.1. The zero-order valence-corrected chi connectivity index (χ0v) is 27.2. The SMILES string of the molecule is Cc1nc(CC(N)=O)nc(C)c1-c1ccc(CC2CC2)c(N2CC[C@]3(C[C@@H]2C)N=C(c2ccc4c(c2C2CC2)OC(F)(F)O4)NC3=O)c1. The Bertz CT molecular complexity index is 1880. The lowest BCUT2D eigenvalue weighted by Crippen LogP contribution is -2.53. The smallest absolute Gasteiger partial charge is 0.395 e. The summed E-state index contributed by atoms with van der Waals surface area (Å²) in [5.41, 5.74) is 11.6. The number of ether oxygens (including phenoxy) is 2. The first kappa shape index (κ1) is 30.7. The maximum atomic E-state index is 14.0. The van der Waals surface area contributed by atoms with Crippen molar-refractivity contribution >= 4 is 23.3 Å². The number of primary amides is 1. The molecule has 3 aliphatic heterocycles. The summed E-state index contributed by atoms with van der Waals surface area (Å²) in [7, 11) is 0. The summed E-state index contributed by atoms with van der Waals surface area (Å²) in [5.74, 6) is 0.972. The number of nitrogens with one attached hydrogen (secondary N) is 1. The van der Waals surface area contributed by atoms with Gasteiger partial charge in [-0.1, -0.05) is 12.1 Å². The number of piperidine rings is 1. The molecule has 0 radical (unpaired) electrons. The van der Waals surface area contributed by atoms with Crippen LogP contribution in [0.25, 0.3) is 11.1 Å². The molecule has 3 aromatic rings. The van der Waals surface area contributed by atoms with Crippen molar-refractivity contribution in [3.63, 3.8) is 0 Å². The molecule has 48 heavy (non-hydrogen) atoms. The van der Waals surface area contributed by atoms with Crippen molar-refractivity contribution in [2.24, 2.45) is 16.6 Å². The molecule has 1 saturated heterocycles. The summed E-state index contributed by atoms with van der Waals surface area (Å²) in [4.78, 5) is 41.8. The predicted octanol–water partition coefficient (Wildman–Crippen LogP) is 5.24. The summed E-state index contributed by atoms with van der Waals surface area (Å²) >= 11 is 0. The Kier molecular flexibility index (Phi) is 7.01. The fourth-order valence-electron chi connectivity index (χ4n) is 7.78. The number of hydrogen-bond donors (Lipinski definition) is 2. The monoisotopic (exact) mass is 656 g/mol. The molecule has 5 aliphatic rings. The van der Waals surface area contributed by atoms with Gasteiger partial charge in [0.2, 0.25) is 5.91 Å². The fourth-order valence-corrected chi connectivity index (χ4v) is 7.78. The van der Waals surface area contributed by atoms with Crippen molar-refractivity contribution in [3.8, 4) is 22.6 Å². The molecule has 10 nitrogen and oxygen atoms in total. The van der Waals surface area contributed by atoms with Crippen LogP contribution in [0.3, 0.4) is 0 Å². The Morgan fingerprint density at radius 1 is 1.08 bits per heavy atom. The van der Waals surface area contributed by atoms with Gasteiger partial charge >= 0.3 is 6.29 Å². The molecule has 2 saturated carbocycles. The number of fused-ring (bicyclic) bond motifs is 1. The van der Waals surface area contributed by atoms with Gasteiger partial charge in [0.05, 0.1) is 6.42 Å². The summed E-state index contributed by atoms with van der Waals surface area (Å²) in [5, 5.41) is 3.01. The van der Waals surface area contributed by atoms with Gasteiger partial charge in [-0.2, -0.15) is 0 Å². The highest BCUT2D eigenvalue weighted by atomic mass is 19.3. The summed E-state index contributed by atoms with van der Waals surface area (Å²) in [6.45, 7) is 6.59. The van der Waals surface area contributed by atoms with E-state index in [0.717, 1.165) is 47.5 Å². The van der Waals surface area contributed by atoms with Crippen LogP contribution in [0, 0.1) is 19.8 Å². The van der Waals surface area contributed by atoms with Gasteiger partial charge in [0, 0.05) is 52.8 Å². The minimum Gasteiger partial charge on any atom is -0.395 e. The number of rotatable bonds is 8. The lowest BCUT2D eigenvalue weighted by Gasteiger charge is -2.43. The van der Waals surface area contributed by atoms with Crippen LogP contribution < -0.4 is 25.4 Å². The Morgan fingerprint density at radius 3 is 2.50 bits per heavy atom. The minimum atomic E-state index is -3.72. The third kappa shape index (κ3) is 5.44. The molecule has 3 fully saturated rings. The topological polar surface area (TPSA) is 132 Å². The average Bonchev–Trinajstić information content (AvgIpc) is 3.94. The highest BCUT2D eigenvalue weighted by Crippen LogP contribution is 2.54. The Balaban J connectivity index is 1.10. The predicted molar refractivity (Wildman–Crippen MR) is 174 cm³/mol. The van der Waals surface area contributed by atoms with Crippen LogP contribution in [0.2, 0.25) is 0 Å². The molecule has 3 N–H and O–H groups in total. The Labute approximate surface area is 277 Å². The number of anilines is 1. The van der Waals surface area contributed by atoms with E-state index in [1.807, 2.05) is 13.8 Å². The van der Waals surface area contributed by atoms with Crippen molar-refractivity contribution < 1.29 is 27.8 Å². The first-order valence-electron chi connectivity index (χ1n) is 16.8. The average molecular weight is 657 g/mol. The second-order valence-corrected chi connectivity index (χ2v) is 14.1. The standard InChI is InChI=1S/C36H38F2N6O4/c1-18-17-35(34(46)42-33(43-35)25-10-11-27-32(31(25)22-6-7-22)48-36(37,38)47-27)12-13-44(18)26-15-24(9-8-23(26)14-21-4-5-21)30-19(2)40-29(16-28(39)45)41-20(30)3/h8-11,15,18,21-22H,4-7,12-14,16-17H2,1-3H3,(H2,39,45)(H,42,43,46)/t18-,35+/m0/s1. The number of hydrogen-bond acceptors (Lipinski definition) is 8. The quantitative estimate of drug-likeness (QED) is 0.339. The van der Waals surface area contributed by atoms with Crippen molar-refractivity contribution in [1.29, 1.82) is 0 Å². The Hall–Kier alpha value is -4.61. The van der Waals surface area contributed by atoms with E-state index in [1.54, 1.807) is 6.07 Å². The molecule has 1 aromatic heterocycles. The third-order valence-corrected chi connectivity index (χ3v) is 10.3. The van der Waals surface area contributed by atoms with Gasteiger partial charge in [0.25, 0.3) is 5.91 Å². The molecule has 0 bridgehead atoms. The number of nitrogens with zero attached hydrogens (tertiary/aromatic N) is 4. The molecule has 2 aromatic carbocycles. The van der Waals surface area contributed by atoms with Crippen LogP contribution in [-0.4, -0.2) is 52.0 Å². The molecule has 8 rings (SSSR count). The van der Waals surface area contributed by atoms with Gasteiger partial charge in [0.1, 0.15) is 17.2 Å². The third-order valence-electron chi connectivity index (χ3n) is 10.3. The summed E-state index contributed by atoms with van der Waals surface area (Å²) in [6, 6.07) is 9.71. The molecular formula is C36H38F2N6O4. The number of halogens is 2. The van der Waals surface area contributed by atoms with Crippen molar-refractivity contribution in [2.45, 2.75) is 95.9 Å². The van der Waals surface area contributed by atoms with Crippen molar-refractivity contribution in [1.82, 2.24) is 15.3 Å². The number of aliphatic imine (C=N–C) groups is 1. The van der Waals surface area contributed by atoms with Gasteiger partial charge in [-0.25, -0.2) is 9.97 Å². The first-order valence-corrected chi connectivity index (χ1v) is 16.8. The van der Waals surface area contributed by atoms with Gasteiger partial charge in [-0.05, 0) is 100 Å². The number of amidine groups is 1. The number of carbonyl (C=O) groups is 2. The minimum absolute atomic E-state index is 0.00908. The molecule has 250 valence electrons. The molecule has 2 atom stereocenters. The second kappa shape index (κ2) is 11.0. The van der Waals surface area contributed by atoms with Gasteiger partial charge < -0.3 is 25.4 Å². The van der Waals surface area contributed by atoms with Crippen LogP contribution in [0.4, 0.5) is 14.5 Å². The molecule has 0 unspecified atom stereocenters. The molecule has 4 heterocycles. The number of nitrogens with two attached hydrogens (primary N) is 1. The number of aromatic nitrogens is 2. The van der Waals surface area contributed by atoms with Gasteiger partial charge in [-0.15, -0.1) is 8.78 Å². The lowest BCUT2D eigenvalue weighted by molar-refractivity contribution is -0.286. The first-order chi connectivity index (χ1) is 22.9. The zero-order chi connectivity index (χ0) is 33.5. The Morgan fingerprint density at radius 2 is 1.83 bits per heavy atom. The van der Waals surface area contributed by atoms with Crippen LogP contribution in [0.1, 0.15) is 85.3 Å². The molecule has 12 heteroatoms. The normalized spacial score (nSPS) is 24.2. The van der Waals surface area contributed by atoms with Crippen LogP contribution in [0.15, 0.2) is 35.3 Å². The number of amides is 2. The van der Waals surface area contributed by atoms with Crippen LogP contribution in [-0.2, 0) is 22.4 Å². The zero-order valence-electron chi connectivity index (χ0n) is 27.2. The number of alkyl halides is 2. The maximum Gasteiger partial charge on any atom is 0.586 e. The van der Waals surface area contributed by atoms with Crippen LogP contribution >= 0.6 is 0 Å². The molecule has 2 aliphatic carbocycles. The highest BCUT2D eigenvalue weighted by molar-refractivity contribution is 6.16. The van der Waals surface area contributed by atoms with Crippen molar-refractivity contribution in [3.05, 3.63) is 64.2 Å². The van der Waals surface area contributed by atoms with E-state index >= 15 is 0 Å². The fraction of sp³-hybridized carbons (Fsp3) is 0.472. The van der Waals surface area contributed by atoms with E-state index in [9.17, 15) is 18.4 Å². The summed E-state index contributed by atoms with van der Waals surface area (Å²) < 4.78 is 37.7. The molecule has 1 spiro atoms. The number of aryl methyl sites for hydroxylation is 2. The van der Waals surface area contributed by atoms with E-state index in [-0.39, 0.29) is 35.8 Å². The maximum absolute atomic E-state index is 14.0. The molecular weight excluding hydrogens is 618 g/mol. The lowest BCUT2D eigenvalue weighted by atomic mass is 9.83. The molecule has 2 amide bonds. The van der Waals surface area contributed by atoms with E-state index in [2.05, 4.69) is 45.3 Å². The number of benzene rings is 2. The van der Waals surface area contributed by atoms with Gasteiger partial charge in [-0.3, -0.25) is 14.6 Å². The highest BCUT2D eigenvalue weighted by Gasteiger charge is 2.51. The summed E-state index contributed by atoms with van der Waals surface area (Å²) in [6.07, 6.45) is 2.42.